The molecule has 1 aliphatic heterocycles. The van der Waals surface area contributed by atoms with E-state index in [1.807, 2.05) is 6.07 Å². The van der Waals surface area contributed by atoms with Crippen molar-refractivity contribution < 1.29 is 9.47 Å². The molecule has 0 N–H and O–H groups in total. The molecule has 4 rings (SSSR count). The van der Waals surface area contributed by atoms with Gasteiger partial charge in [-0.3, -0.25) is 4.90 Å². The Morgan fingerprint density at radius 1 is 1.13 bits per heavy atom. The first-order valence-corrected chi connectivity index (χ1v) is 11.2. The zero-order chi connectivity index (χ0) is 20.8. The van der Waals surface area contributed by atoms with E-state index >= 15 is 0 Å². The molecule has 1 saturated heterocycles. The van der Waals surface area contributed by atoms with Crippen molar-refractivity contribution in [3.63, 3.8) is 0 Å². The smallest absolute Gasteiger partial charge is 0.264 e. The number of piperidine rings is 1. The number of methoxy groups -OCH3 is 2. The molecular weight excluding hydrogens is 400 g/mol. The number of aryl methyl sites for hydroxylation is 1. The molecule has 1 aromatic carbocycles. The van der Waals surface area contributed by atoms with Gasteiger partial charge in [-0.25, -0.2) is 9.97 Å². The van der Waals surface area contributed by atoms with Crippen LogP contribution in [-0.4, -0.2) is 56.3 Å². The van der Waals surface area contributed by atoms with Gasteiger partial charge in [-0.05, 0) is 74.4 Å². The summed E-state index contributed by atoms with van der Waals surface area (Å²) in [5.74, 6) is 2.19. The van der Waals surface area contributed by atoms with Gasteiger partial charge in [0.15, 0.2) is 11.5 Å². The molecule has 0 radical (unpaired) electrons. The minimum absolute atomic E-state index is 0.356. The maximum absolute atomic E-state index is 5.42. The number of hydrogen-bond donors (Lipinski definition) is 0. The molecule has 160 valence electrons. The average molecular weight is 429 g/mol. The van der Waals surface area contributed by atoms with E-state index in [-0.39, 0.29) is 0 Å². The number of likely N-dealkylation sites (tertiary alicyclic amines) is 1. The van der Waals surface area contributed by atoms with Crippen LogP contribution in [0.1, 0.15) is 48.7 Å². The highest BCUT2D eigenvalue weighted by Crippen LogP contribution is 2.33. The molecule has 0 bridgehead atoms. The van der Waals surface area contributed by atoms with E-state index in [9.17, 15) is 0 Å². The molecule has 2 aromatic heterocycles. The first kappa shape index (κ1) is 20.7. The van der Waals surface area contributed by atoms with Gasteiger partial charge < -0.3 is 9.47 Å². The van der Waals surface area contributed by atoms with Gasteiger partial charge in [-0.15, -0.1) is 0 Å². The van der Waals surface area contributed by atoms with Gasteiger partial charge in [0.05, 0.1) is 20.3 Å². The molecule has 3 heterocycles. The van der Waals surface area contributed by atoms with Crippen LogP contribution >= 0.6 is 11.5 Å². The van der Waals surface area contributed by atoms with Crippen LogP contribution in [0.3, 0.4) is 0 Å². The van der Waals surface area contributed by atoms with Crippen molar-refractivity contribution in [1.29, 1.82) is 0 Å². The molecule has 0 aliphatic carbocycles. The standard InChI is InChI=1S/C21H28N6O2S/c1-28-18-10-9-16(13-19(18)29-2)7-3-5-11-26-12-6-4-8-17(26)20-24-21(25-30-20)27-15-22-14-23-27/h9-10,13-15,17H,3-8,11-12H2,1-2H3. The Hall–Kier alpha value is -2.52. The monoisotopic (exact) mass is 428 g/mol. The maximum Gasteiger partial charge on any atom is 0.264 e. The predicted molar refractivity (Wildman–Crippen MR) is 115 cm³/mol. The fourth-order valence-electron chi connectivity index (χ4n) is 3.99. The second-order valence-corrected chi connectivity index (χ2v) is 8.25. The van der Waals surface area contributed by atoms with Gasteiger partial charge in [0.1, 0.15) is 17.7 Å². The summed E-state index contributed by atoms with van der Waals surface area (Å²) in [6.45, 7) is 2.20. The molecule has 1 fully saturated rings. The summed E-state index contributed by atoms with van der Waals surface area (Å²) in [6.07, 6.45) is 10.1. The molecular formula is C21H28N6O2S. The first-order chi connectivity index (χ1) is 14.8. The lowest BCUT2D eigenvalue weighted by Crippen LogP contribution is -2.34. The Morgan fingerprint density at radius 3 is 2.83 bits per heavy atom. The van der Waals surface area contributed by atoms with E-state index < -0.39 is 0 Å². The lowest BCUT2D eigenvalue weighted by atomic mass is 10.0. The highest BCUT2D eigenvalue weighted by molar-refractivity contribution is 7.05. The van der Waals surface area contributed by atoms with E-state index in [2.05, 4.69) is 31.5 Å². The summed E-state index contributed by atoms with van der Waals surface area (Å²) in [5, 5.41) is 5.22. The number of nitrogens with zero attached hydrogens (tertiary/aromatic N) is 6. The Bertz CT molecular complexity index is 929. The van der Waals surface area contributed by atoms with E-state index in [0.29, 0.717) is 12.0 Å². The van der Waals surface area contributed by atoms with Crippen LogP contribution in [0, 0.1) is 0 Å². The fourth-order valence-corrected chi connectivity index (χ4v) is 4.80. The normalized spacial score (nSPS) is 17.2. The second-order valence-electron chi connectivity index (χ2n) is 7.47. The minimum Gasteiger partial charge on any atom is -0.493 e. The lowest BCUT2D eigenvalue weighted by Gasteiger charge is -2.34. The summed E-state index contributed by atoms with van der Waals surface area (Å²) in [5.41, 5.74) is 1.28. The SMILES string of the molecule is COc1ccc(CCCCN2CCCCC2c2nc(-n3cncn3)ns2)cc1OC. The van der Waals surface area contributed by atoms with Crippen LogP contribution in [0.25, 0.3) is 5.95 Å². The maximum atomic E-state index is 5.42. The number of benzene rings is 1. The Balaban J connectivity index is 1.32. The van der Waals surface area contributed by atoms with Gasteiger partial charge in [0.2, 0.25) is 0 Å². The second kappa shape index (κ2) is 9.99. The fraction of sp³-hybridized carbons (Fsp3) is 0.524. The predicted octanol–water partition coefficient (Wildman–Crippen LogP) is 3.69. The van der Waals surface area contributed by atoms with Gasteiger partial charge in [0.25, 0.3) is 5.95 Å². The van der Waals surface area contributed by atoms with Crippen LogP contribution in [0.2, 0.25) is 0 Å². The molecule has 0 spiro atoms. The van der Waals surface area contributed by atoms with Gasteiger partial charge >= 0.3 is 0 Å². The van der Waals surface area contributed by atoms with E-state index in [4.69, 9.17) is 14.5 Å². The number of hydrogen-bond acceptors (Lipinski definition) is 8. The largest absolute Gasteiger partial charge is 0.493 e. The topological polar surface area (TPSA) is 78.2 Å². The third kappa shape index (κ3) is 4.79. The average Bonchev–Trinajstić information content (AvgIpc) is 3.49. The van der Waals surface area contributed by atoms with Crippen molar-refractivity contribution >= 4 is 11.5 Å². The molecule has 3 aromatic rings. The molecule has 0 saturated carbocycles. The number of ether oxygens (including phenoxy) is 2. The van der Waals surface area contributed by atoms with Crippen molar-refractivity contribution in [1.82, 2.24) is 29.0 Å². The number of rotatable bonds is 9. The zero-order valence-electron chi connectivity index (χ0n) is 17.5. The van der Waals surface area contributed by atoms with Crippen LogP contribution in [-0.2, 0) is 6.42 Å². The van der Waals surface area contributed by atoms with E-state index in [0.717, 1.165) is 55.3 Å². The van der Waals surface area contributed by atoms with Gasteiger partial charge in [0, 0.05) is 0 Å². The molecule has 0 amide bonds. The summed E-state index contributed by atoms with van der Waals surface area (Å²) in [6, 6.07) is 6.54. The zero-order valence-corrected chi connectivity index (χ0v) is 18.3. The highest BCUT2D eigenvalue weighted by Gasteiger charge is 2.27. The summed E-state index contributed by atoms with van der Waals surface area (Å²) >= 11 is 1.48. The van der Waals surface area contributed by atoms with E-state index in [1.165, 1.54) is 36.3 Å². The lowest BCUT2D eigenvalue weighted by molar-refractivity contribution is 0.146. The summed E-state index contributed by atoms with van der Waals surface area (Å²) < 4.78 is 16.8. The van der Waals surface area contributed by atoms with Crippen molar-refractivity contribution in [3.8, 4) is 17.4 Å². The van der Waals surface area contributed by atoms with Crippen LogP contribution < -0.4 is 9.47 Å². The molecule has 1 aliphatic rings. The third-order valence-corrected chi connectivity index (χ3v) is 6.37. The van der Waals surface area contributed by atoms with Crippen LogP contribution in [0.15, 0.2) is 30.9 Å². The first-order valence-electron chi connectivity index (χ1n) is 10.4. The highest BCUT2D eigenvalue weighted by atomic mass is 32.1. The summed E-state index contributed by atoms with van der Waals surface area (Å²) in [4.78, 5) is 11.3. The Kier molecular flexibility index (Phi) is 6.91. The van der Waals surface area contributed by atoms with Gasteiger partial charge in [-0.2, -0.15) is 14.2 Å². The molecule has 8 nitrogen and oxygen atoms in total. The molecule has 9 heteroatoms. The minimum atomic E-state index is 0.356. The summed E-state index contributed by atoms with van der Waals surface area (Å²) in [7, 11) is 3.35. The van der Waals surface area contributed by atoms with E-state index in [1.54, 1.807) is 25.2 Å². The Morgan fingerprint density at radius 2 is 2.03 bits per heavy atom. The molecule has 1 unspecified atom stereocenters. The van der Waals surface area contributed by atoms with Crippen LogP contribution in [0.4, 0.5) is 0 Å². The Labute approximate surface area is 181 Å². The van der Waals surface area contributed by atoms with Crippen molar-refractivity contribution in [3.05, 3.63) is 41.4 Å². The molecule has 1 atom stereocenters. The van der Waals surface area contributed by atoms with Crippen molar-refractivity contribution in [2.24, 2.45) is 0 Å². The number of unbranched alkanes of at least 4 members (excludes halogenated alkanes) is 1. The number of aromatic nitrogens is 5. The van der Waals surface area contributed by atoms with Crippen molar-refractivity contribution in [2.75, 3.05) is 27.3 Å². The molecule has 30 heavy (non-hydrogen) atoms. The van der Waals surface area contributed by atoms with Crippen molar-refractivity contribution in [2.45, 2.75) is 44.6 Å². The van der Waals surface area contributed by atoms with Gasteiger partial charge in [-0.1, -0.05) is 12.5 Å². The third-order valence-electron chi connectivity index (χ3n) is 5.56. The van der Waals surface area contributed by atoms with Crippen LogP contribution in [0.5, 0.6) is 11.5 Å². The quantitative estimate of drug-likeness (QED) is 0.481.